The van der Waals surface area contributed by atoms with Crippen molar-refractivity contribution in [2.45, 2.75) is 0 Å². The Bertz CT molecular complexity index is 4620. The molecule has 0 atom stereocenters. The lowest BCUT2D eigenvalue weighted by Gasteiger charge is -2.15. The molecule has 75 heavy (non-hydrogen) atoms. The lowest BCUT2D eigenvalue weighted by Crippen LogP contribution is -2.00. The van der Waals surface area contributed by atoms with Gasteiger partial charge >= 0.3 is 0 Å². The summed E-state index contributed by atoms with van der Waals surface area (Å²) < 4.78 is 11.6. The van der Waals surface area contributed by atoms with Gasteiger partial charge in [0.05, 0.1) is 22.1 Å². The van der Waals surface area contributed by atoms with Crippen molar-refractivity contribution in [1.29, 1.82) is 0 Å². The van der Waals surface area contributed by atoms with Crippen LogP contribution >= 0.6 is 0 Å². The molecule has 6 heteroatoms. The molecule has 0 aliphatic carbocycles. The number of hydrogen-bond acceptors (Lipinski definition) is 4. The fourth-order valence-corrected chi connectivity index (χ4v) is 11.3. The van der Waals surface area contributed by atoms with Gasteiger partial charge in [0.25, 0.3) is 0 Å². The van der Waals surface area contributed by atoms with Crippen molar-refractivity contribution < 1.29 is 4.42 Å². The molecule has 0 aliphatic rings. The first kappa shape index (κ1) is 42.5. The van der Waals surface area contributed by atoms with E-state index in [4.69, 9.17) is 19.4 Å². The normalized spacial score (nSPS) is 11.7. The van der Waals surface area contributed by atoms with Crippen LogP contribution in [0.2, 0.25) is 0 Å². The number of benzene rings is 11. The molecule has 0 aliphatic heterocycles. The summed E-state index contributed by atoms with van der Waals surface area (Å²) in [5, 5.41) is 6.94. The lowest BCUT2D eigenvalue weighted by molar-refractivity contribution is 0.669. The standard InChI is InChI=1S/C69H43N5O/c1-5-19-45(20-6-1)67-70-68(46-21-7-2-8-22-46)72-69(71-67)47-35-33-44(34-36-47)49-39-50(48-37-38-55-54-27-13-16-30-58(54)73(60(55)42-48)52-23-9-3-10-24-52)41-51(40-49)64-65-56-28-14-17-31-59(56)74(53-25-11-4-12-26-53)61(65)43-63-66(64)57-29-15-18-32-62(57)75-63/h1-43H. The fourth-order valence-electron chi connectivity index (χ4n) is 11.3. The molecule has 4 heterocycles. The van der Waals surface area contributed by atoms with Crippen molar-refractivity contribution in [2.75, 3.05) is 0 Å². The smallest absolute Gasteiger partial charge is 0.164 e. The highest BCUT2D eigenvalue weighted by molar-refractivity contribution is 6.27. The van der Waals surface area contributed by atoms with Crippen LogP contribution in [0.4, 0.5) is 0 Å². The molecule has 0 N–H and O–H groups in total. The van der Waals surface area contributed by atoms with Gasteiger partial charge in [-0.2, -0.15) is 0 Å². The highest BCUT2D eigenvalue weighted by atomic mass is 16.3. The van der Waals surface area contributed by atoms with Crippen LogP contribution in [0, 0.1) is 0 Å². The highest BCUT2D eigenvalue weighted by Gasteiger charge is 2.24. The third-order valence-electron chi connectivity index (χ3n) is 14.7. The number of aromatic nitrogens is 5. The van der Waals surface area contributed by atoms with Gasteiger partial charge < -0.3 is 13.6 Å². The van der Waals surface area contributed by atoms with Crippen molar-refractivity contribution in [1.82, 2.24) is 24.1 Å². The van der Waals surface area contributed by atoms with Crippen molar-refractivity contribution in [3.8, 4) is 78.9 Å². The molecule has 0 saturated heterocycles. The molecule has 0 unspecified atom stereocenters. The molecular weight excluding hydrogens is 915 g/mol. The predicted molar refractivity (Wildman–Crippen MR) is 308 cm³/mol. The van der Waals surface area contributed by atoms with E-state index in [0.29, 0.717) is 17.5 Å². The number of para-hydroxylation sites is 5. The maximum Gasteiger partial charge on any atom is 0.164 e. The van der Waals surface area contributed by atoms with Crippen molar-refractivity contribution in [2.24, 2.45) is 0 Å². The molecule has 0 amide bonds. The van der Waals surface area contributed by atoms with E-state index >= 15 is 0 Å². The van der Waals surface area contributed by atoms with Gasteiger partial charge in [-0.1, -0.05) is 188 Å². The quantitative estimate of drug-likeness (QED) is 0.152. The first-order chi connectivity index (χ1) is 37.2. The van der Waals surface area contributed by atoms with Crippen LogP contribution in [-0.2, 0) is 0 Å². The average Bonchev–Trinajstić information content (AvgIpc) is 4.21. The number of furan rings is 1. The molecule has 15 aromatic rings. The maximum atomic E-state index is 6.87. The van der Waals surface area contributed by atoms with Gasteiger partial charge in [0.2, 0.25) is 0 Å². The zero-order valence-corrected chi connectivity index (χ0v) is 40.5. The topological polar surface area (TPSA) is 61.7 Å². The van der Waals surface area contributed by atoms with Crippen LogP contribution in [0.25, 0.3) is 144 Å². The molecule has 0 radical (unpaired) electrons. The Kier molecular flexibility index (Phi) is 9.78. The first-order valence-electron chi connectivity index (χ1n) is 25.3. The summed E-state index contributed by atoms with van der Waals surface area (Å²) in [5.41, 5.74) is 17.8. The molecule has 350 valence electrons. The van der Waals surface area contributed by atoms with E-state index in [1.807, 2.05) is 60.7 Å². The van der Waals surface area contributed by atoms with Crippen LogP contribution in [0.1, 0.15) is 0 Å². The Morgan fingerprint density at radius 2 is 0.693 bits per heavy atom. The first-order valence-corrected chi connectivity index (χ1v) is 25.3. The van der Waals surface area contributed by atoms with Crippen molar-refractivity contribution in [3.63, 3.8) is 0 Å². The minimum atomic E-state index is 0.613. The summed E-state index contributed by atoms with van der Waals surface area (Å²) in [6.07, 6.45) is 0. The zero-order chi connectivity index (χ0) is 49.4. The molecule has 0 spiro atoms. The lowest BCUT2D eigenvalue weighted by atomic mass is 9.89. The third kappa shape index (κ3) is 7.07. The van der Waals surface area contributed by atoms with Gasteiger partial charge in [-0.3, -0.25) is 0 Å². The van der Waals surface area contributed by atoms with Crippen LogP contribution in [0.15, 0.2) is 265 Å². The zero-order valence-electron chi connectivity index (χ0n) is 40.5. The Balaban J connectivity index is 0.989. The Morgan fingerprint density at radius 3 is 1.32 bits per heavy atom. The largest absolute Gasteiger partial charge is 0.456 e. The van der Waals surface area contributed by atoms with Gasteiger partial charge in [0.15, 0.2) is 17.5 Å². The van der Waals surface area contributed by atoms with E-state index < -0.39 is 0 Å². The van der Waals surface area contributed by atoms with E-state index in [1.54, 1.807) is 0 Å². The van der Waals surface area contributed by atoms with Gasteiger partial charge in [0.1, 0.15) is 11.2 Å². The Hall–Kier alpha value is -10.2. The molecule has 0 saturated carbocycles. The number of hydrogen-bond donors (Lipinski definition) is 0. The second kappa shape index (κ2) is 17.3. The summed E-state index contributed by atoms with van der Waals surface area (Å²) in [4.78, 5) is 15.1. The summed E-state index contributed by atoms with van der Waals surface area (Å²) in [6, 6.07) is 92.5. The maximum absolute atomic E-state index is 6.87. The van der Waals surface area contributed by atoms with Crippen molar-refractivity contribution >= 4 is 65.6 Å². The van der Waals surface area contributed by atoms with E-state index in [0.717, 1.165) is 99.9 Å². The van der Waals surface area contributed by atoms with E-state index in [9.17, 15) is 0 Å². The van der Waals surface area contributed by atoms with Crippen LogP contribution < -0.4 is 0 Å². The number of nitrogens with zero attached hydrogens (tertiary/aromatic N) is 5. The van der Waals surface area contributed by atoms with E-state index in [2.05, 4.69) is 209 Å². The molecular formula is C69H43N5O. The second-order valence-electron chi connectivity index (χ2n) is 19.1. The molecule has 15 rings (SSSR count). The Labute approximate surface area is 431 Å². The molecule has 6 nitrogen and oxygen atoms in total. The Morgan fingerprint density at radius 1 is 0.253 bits per heavy atom. The third-order valence-corrected chi connectivity index (χ3v) is 14.7. The van der Waals surface area contributed by atoms with Crippen molar-refractivity contribution in [3.05, 3.63) is 261 Å². The monoisotopic (exact) mass is 957 g/mol. The summed E-state index contributed by atoms with van der Waals surface area (Å²) in [5.74, 6) is 1.87. The molecule has 4 aromatic heterocycles. The summed E-state index contributed by atoms with van der Waals surface area (Å²) in [7, 11) is 0. The SMILES string of the molecule is c1ccc(-c2nc(-c3ccccc3)nc(-c3ccc(-c4cc(-c5ccc6c7ccccc7n(-c7ccccc7)c6c5)cc(-c5c6c(cc7c5c5ccccc5n7-c5ccccc5)oc5ccccc56)c4)cc3)n2)cc1. The van der Waals surface area contributed by atoms with Crippen LogP contribution in [0.3, 0.4) is 0 Å². The van der Waals surface area contributed by atoms with Crippen LogP contribution in [-0.4, -0.2) is 24.1 Å². The minimum Gasteiger partial charge on any atom is -0.456 e. The van der Waals surface area contributed by atoms with Gasteiger partial charge in [-0.15, -0.1) is 0 Å². The summed E-state index contributed by atoms with van der Waals surface area (Å²) >= 11 is 0. The van der Waals surface area contributed by atoms with Crippen LogP contribution in [0.5, 0.6) is 0 Å². The molecule has 11 aromatic carbocycles. The predicted octanol–water partition coefficient (Wildman–Crippen LogP) is 18.0. The fraction of sp³-hybridized carbons (Fsp3) is 0. The minimum absolute atomic E-state index is 0.613. The molecule has 0 fully saturated rings. The highest BCUT2D eigenvalue weighted by Crippen LogP contribution is 2.48. The average molecular weight is 958 g/mol. The van der Waals surface area contributed by atoms with Gasteiger partial charge in [-0.25, -0.2) is 15.0 Å². The van der Waals surface area contributed by atoms with Gasteiger partial charge in [0, 0.05) is 72.0 Å². The van der Waals surface area contributed by atoms with E-state index in [-0.39, 0.29) is 0 Å². The number of rotatable bonds is 8. The molecule has 0 bridgehead atoms. The second-order valence-corrected chi connectivity index (χ2v) is 19.1. The van der Waals surface area contributed by atoms with Gasteiger partial charge in [-0.05, 0) is 94.5 Å². The summed E-state index contributed by atoms with van der Waals surface area (Å²) in [6.45, 7) is 0. The van der Waals surface area contributed by atoms with E-state index in [1.165, 1.54) is 27.1 Å². The number of fused-ring (bicyclic) bond motifs is 9.